The van der Waals surface area contributed by atoms with E-state index in [1.54, 1.807) is 6.92 Å². The maximum atomic E-state index is 11.2. The lowest BCUT2D eigenvalue weighted by atomic mass is 9.85. The Labute approximate surface area is 89.7 Å². The largest absolute Gasteiger partial charge is 0.370 e. The van der Waals surface area contributed by atoms with Gasteiger partial charge in [0.15, 0.2) is 0 Å². The standard InChI is InChI=1S/C10H16O4S/c1-10(15(11,12)13)5-7(10)6-2-3-8-9(4-6)14-8/h6-9H,2-5H2,1H3,(H,11,12,13)/t6?,7?,8?,9-,10+/m0/s1. The first kappa shape index (κ1) is 10.1. The van der Waals surface area contributed by atoms with Crippen molar-refractivity contribution in [1.82, 2.24) is 0 Å². The van der Waals surface area contributed by atoms with Crippen LogP contribution in [0.1, 0.15) is 32.6 Å². The molecule has 3 aliphatic rings. The normalized spacial score (nSPS) is 53.5. The predicted molar refractivity (Wildman–Crippen MR) is 54.1 cm³/mol. The molecule has 1 N–H and O–H groups in total. The van der Waals surface area contributed by atoms with Crippen molar-refractivity contribution in [3.63, 3.8) is 0 Å². The van der Waals surface area contributed by atoms with E-state index in [4.69, 9.17) is 9.29 Å². The fourth-order valence-electron chi connectivity index (χ4n) is 3.14. The highest BCUT2D eigenvalue weighted by molar-refractivity contribution is 7.87. The van der Waals surface area contributed by atoms with Gasteiger partial charge in [-0.25, -0.2) is 0 Å². The summed E-state index contributed by atoms with van der Waals surface area (Å²) >= 11 is 0. The predicted octanol–water partition coefficient (Wildman–Crippen LogP) is 1.22. The van der Waals surface area contributed by atoms with Crippen molar-refractivity contribution in [2.45, 2.75) is 49.6 Å². The summed E-state index contributed by atoms with van der Waals surface area (Å²) < 4.78 is 36.1. The second-order valence-corrected chi connectivity index (χ2v) is 7.27. The molecule has 1 aliphatic heterocycles. The highest BCUT2D eigenvalue weighted by Gasteiger charge is 2.63. The molecule has 3 fully saturated rings. The molecule has 5 atom stereocenters. The fourth-order valence-corrected chi connectivity index (χ4v) is 4.11. The average Bonchev–Trinajstić information content (AvgIpc) is 2.95. The van der Waals surface area contributed by atoms with E-state index in [9.17, 15) is 8.42 Å². The maximum absolute atomic E-state index is 11.2. The van der Waals surface area contributed by atoms with Gasteiger partial charge >= 0.3 is 0 Å². The minimum absolute atomic E-state index is 0.151. The van der Waals surface area contributed by atoms with Crippen molar-refractivity contribution in [3.05, 3.63) is 0 Å². The second-order valence-electron chi connectivity index (χ2n) is 5.38. The van der Waals surface area contributed by atoms with Crippen LogP contribution in [0.4, 0.5) is 0 Å². The first-order valence-electron chi connectivity index (χ1n) is 5.54. The van der Waals surface area contributed by atoms with Crippen molar-refractivity contribution in [3.8, 4) is 0 Å². The zero-order valence-corrected chi connectivity index (χ0v) is 9.53. The molecule has 0 bridgehead atoms. The van der Waals surface area contributed by atoms with E-state index in [0.29, 0.717) is 24.5 Å². The van der Waals surface area contributed by atoms with Gasteiger partial charge in [0.1, 0.15) is 0 Å². The van der Waals surface area contributed by atoms with E-state index >= 15 is 0 Å². The van der Waals surface area contributed by atoms with E-state index in [1.165, 1.54) is 0 Å². The molecule has 1 saturated heterocycles. The van der Waals surface area contributed by atoms with Crippen LogP contribution in [-0.2, 0) is 14.9 Å². The van der Waals surface area contributed by atoms with E-state index < -0.39 is 14.9 Å². The Morgan fingerprint density at radius 2 is 2.07 bits per heavy atom. The SMILES string of the molecule is C[C@@]1(S(=O)(=O)O)CC1C1CCC2O[C@H]2C1. The molecule has 86 valence electrons. The van der Waals surface area contributed by atoms with Crippen LogP contribution in [0.2, 0.25) is 0 Å². The summed E-state index contributed by atoms with van der Waals surface area (Å²) in [5.41, 5.74) is 0. The highest BCUT2D eigenvalue weighted by Crippen LogP contribution is 2.58. The third kappa shape index (κ3) is 1.44. The van der Waals surface area contributed by atoms with Gasteiger partial charge in [0.05, 0.1) is 17.0 Å². The van der Waals surface area contributed by atoms with E-state index in [1.807, 2.05) is 0 Å². The topological polar surface area (TPSA) is 66.9 Å². The Morgan fingerprint density at radius 3 is 2.60 bits per heavy atom. The lowest BCUT2D eigenvalue weighted by Crippen LogP contribution is -2.26. The van der Waals surface area contributed by atoms with Crippen LogP contribution in [-0.4, -0.2) is 29.9 Å². The summed E-state index contributed by atoms with van der Waals surface area (Å²) in [7, 11) is -3.87. The van der Waals surface area contributed by atoms with Gasteiger partial charge in [-0.2, -0.15) is 8.42 Å². The highest BCUT2D eigenvalue weighted by atomic mass is 32.2. The van der Waals surface area contributed by atoms with Gasteiger partial charge < -0.3 is 4.74 Å². The fraction of sp³-hybridized carbons (Fsp3) is 1.00. The Bertz CT molecular complexity index is 390. The molecule has 0 aromatic rings. The molecule has 0 spiro atoms. The molecule has 2 aliphatic carbocycles. The molecular formula is C10H16O4S. The molecule has 2 saturated carbocycles. The first-order valence-corrected chi connectivity index (χ1v) is 6.98. The summed E-state index contributed by atoms with van der Waals surface area (Å²) in [5.74, 6) is 0.582. The van der Waals surface area contributed by atoms with Crippen LogP contribution in [0.25, 0.3) is 0 Å². The van der Waals surface area contributed by atoms with Crippen LogP contribution < -0.4 is 0 Å². The Balaban J connectivity index is 1.71. The molecule has 0 radical (unpaired) electrons. The van der Waals surface area contributed by atoms with E-state index in [-0.39, 0.29) is 5.92 Å². The minimum atomic E-state index is -3.87. The molecule has 0 aromatic carbocycles. The molecule has 15 heavy (non-hydrogen) atoms. The number of ether oxygens (including phenoxy) is 1. The van der Waals surface area contributed by atoms with Gasteiger partial charge in [0.2, 0.25) is 0 Å². The molecule has 0 amide bonds. The van der Waals surface area contributed by atoms with E-state index in [0.717, 1.165) is 19.3 Å². The molecule has 0 aromatic heterocycles. The molecule has 3 rings (SSSR count). The van der Waals surface area contributed by atoms with Gasteiger partial charge in [-0.05, 0) is 44.4 Å². The average molecular weight is 232 g/mol. The Hall–Kier alpha value is -0.130. The van der Waals surface area contributed by atoms with Crippen LogP contribution in [0, 0.1) is 11.8 Å². The van der Waals surface area contributed by atoms with Gasteiger partial charge in [0, 0.05) is 0 Å². The van der Waals surface area contributed by atoms with Crippen LogP contribution >= 0.6 is 0 Å². The summed E-state index contributed by atoms with van der Waals surface area (Å²) in [6.07, 6.45) is 4.56. The molecule has 1 heterocycles. The number of fused-ring (bicyclic) bond motifs is 1. The van der Waals surface area contributed by atoms with Crippen molar-refractivity contribution in [1.29, 1.82) is 0 Å². The van der Waals surface area contributed by atoms with Crippen LogP contribution in [0.15, 0.2) is 0 Å². The van der Waals surface area contributed by atoms with Crippen molar-refractivity contribution in [2.75, 3.05) is 0 Å². The minimum Gasteiger partial charge on any atom is -0.370 e. The lowest BCUT2D eigenvalue weighted by molar-refractivity contribution is 0.328. The summed E-state index contributed by atoms with van der Waals surface area (Å²) in [4.78, 5) is 0. The van der Waals surface area contributed by atoms with Crippen molar-refractivity contribution in [2.24, 2.45) is 11.8 Å². The second kappa shape index (κ2) is 2.76. The van der Waals surface area contributed by atoms with E-state index in [2.05, 4.69) is 0 Å². The van der Waals surface area contributed by atoms with Gasteiger partial charge in [-0.15, -0.1) is 0 Å². The van der Waals surface area contributed by atoms with Gasteiger partial charge in [-0.3, -0.25) is 4.55 Å². The zero-order chi connectivity index (χ0) is 10.8. The monoisotopic (exact) mass is 232 g/mol. The summed E-state index contributed by atoms with van der Waals surface area (Å²) in [5, 5.41) is 0. The zero-order valence-electron chi connectivity index (χ0n) is 8.72. The molecule has 4 nitrogen and oxygen atoms in total. The molecule has 3 unspecified atom stereocenters. The van der Waals surface area contributed by atoms with Gasteiger partial charge in [-0.1, -0.05) is 0 Å². The third-order valence-corrected chi connectivity index (χ3v) is 6.10. The maximum Gasteiger partial charge on any atom is 0.270 e. The molecule has 5 heteroatoms. The van der Waals surface area contributed by atoms with Crippen molar-refractivity contribution < 1.29 is 17.7 Å². The number of hydrogen-bond acceptors (Lipinski definition) is 3. The summed E-state index contributed by atoms with van der Waals surface area (Å²) in [6, 6.07) is 0. The lowest BCUT2D eigenvalue weighted by Gasteiger charge is -2.20. The Morgan fingerprint density at radius 1 is 1.33 bits per heavy atom. The molecular weight excluding hydrogens is 216 g/mol. The van der Waals surface area contributed by atoms with Crippen LogP contribution in [0.5, 0.6) is 0 Å². The van der Waals surface area contributed by atoms with Crippen molar-refractivity contribution >= 4 is 10.1 Å². The summed E-state index contributed by atoms with van der Waals surface area (Å²) in [6.45, 7) is 1.66. The Kier molecular flexibility index (Phi) is 1.85. The quantitative estimate of drug-likeness (QED) is 0.574. The number of hydrogen-bond donors (Lipinski definition) is 1. The smallest absolute Gasteiger partial charge is 0.270 e. The first-order chi connectivity index (χ1) is 6.92. The third-order valence-electron chi connectivity index (χ3n) is 4.45. The number of epoxide rings is 1. The van der Waals surface area contributed by atoms with Crippen LogP contribution in [0.3, 0.4) is 0 Å². The van der Waals surface area contributed by atoms with Gasteiger partial charge in [0.25, 0.3) is 10.1 Å². The number of rotatable bonds is 2.